The fourth-order valence-corrected chi connectivity index (χ4v) is 3.87. The molecule has 0 aliphatic carbocycles. The minimum absolute atomic E-state index is 0.0394. The van der Waals surface area contributed by atoms with Crippen LogP contribution in [0.25, 0.3) is 11.0 Å². The third-order valence-corrected chi connectivity index (χ3v) is 6.44. The highest BCUT2D eigenvalue weighted by Crippen LogP contribution is 2.20. The molecule has 2 aromatic carbocycles. The van der Waals surface area contributed by atoms with Crippen molar-refractivity contribution in [3.05, 3.63) is 60.4 Å². The quantitative estimate of drug-likeness (QED) is 0.610. The van der Waals surface area contributed by atoms with Gasteiger partial charge in [-0.3, -0.25) is 4.79 Å². The highest BCUT2D eigenvalue weighted by molar-refractivity contribution is 7.89. The van der Waals surface area contributed by atoms with Crippen LogP contribution in [-0.4, -0.2) is 54.2 Å². The molecule has 148 valence electrons. The Kier molecular flexibility index (Phi) is 5.81. The molecule has 8 heteroatoms. The van der Waals surface area contributed by atoms with Crippen LogP contribution in [-0.2, 0) is 27.9 Å². The lowest BCUT2D eigenvalue weighted by Gasteiger charge is -2.17. The van der Waals surface area contributed by atoms with E-state index in [1.54, 1.807) is 36.5 Å². The molecule has 0 aliphatic heterocycles. The van der Waals surface area contributed by atoms with Crippen LogP contribution in [0.3, 0.4) is 0 Å². The second kappa shape index (κ2) is 8.12. The summed E-state index contributed by atoms with van der Waals surface area (Å²) in [4.78, 5) is 18.7. The van der Waals surface area contributed by atoms with Crippen molar-refractivity contribution in [3.8, 4) is 0 Å². The first-order valence-corrected chi connectivity index (χ1v) is 10.4. The number of imidazole rings is 1. The van der Waals surface area contributed by atoms with Gasteiger partial charge in [0.25, 0.3) is 0 Å². The molecule has 28 heavy (non-hydrogen) atoms. The van der Waals surface area contributed by atoms with E-state index in [1.807, 2.05) is 34.9 Å². The highest BCUT2D eigenvalue weighted by Gasteiger charge is 2.18. The third kappa shape index (κ3) is 4.23. The lowest BCUT2D eigenvalue weighted by molar-refractivity contribution is -0.130. The Bertz CT molecular complexity index is 1080. The van der Waals surface area contributed by atoms with Crippen LogP contribution in [0, 0.1) is 0 Å². The fourth-order valence-electron chi connectivity index (χ4n) is 2.95. The van der Waals surface area contributed by atoms with Crippen LogP contribution in [0.4, 0.5) is 0 Å². The number of rotatable bonds is 7. The van der Waals surface area contributed by atoms with Crippen LogP contribution >= 0.6 is 0 Å². The maximum atomic E-state index is 12.4. The molecule has 0 aliphatic rings. The Balaban J connectivity index is 1.68. The molecule has 1 amide bonds. The summed E-state index contributed by atoms with van der Waals surface area (Å²) in [6.45, 7) is 1.05. The van der Waals surface area contributed by atoms with Crippen molar-refractivity contribution >= 4 is 27.0 Å². The van der Waals surface area contributed by atoms with Gasteiger partial charge >= 0.3 is 0 Å². The first kappa shape index (κ1) is 20.0. The number of fused-ring (bicyclic) bond motifs is 1. The van der Waals surface area contributed by atoms with E-state index in [2.05, 4.69) is 4.98 Å². The number of aryl methyl sites for hydroxylation is 1. The van der Waals surface area contributed by atoms with Crippen LogP contribution < -0.4 is 0 Å². The van der Waals surface area contributed by atoms with E-state index in [4.69, 9.17) is 0 Å². The summed E-state index contributed by atoms with van der Waals surface area (Å²) in [5, 5.41) is 0. The maximum absolute atomic E-state index is 12.4. The van der Waals surface area contributed by atoms with Gasteiger partial charge in [0.1, 0.15) is 0 Å². The first-order valence-electron chi connectivity index (χ1n) is 8.94. The van der Waals surface area contributed by atoms with Gasteiger partial charge in [-0.05, 0) is 23.8 Å². The predicted octanol–water partition coefficient (Wildman–Crippen LogP) is 2.34. The number of sulfonamides is 1. The smallest absolute Gasteiger partial charge is 0.242 e. The van der Waals surface area contributed by atoms with E-state index < -0.39 is 10.0 Å². The van der Waals surface area contributed by atoms with E-state index >= 15 is 0 Å². The zero-order chi connectivity index (χ0) is 20.3. The van der Waals surface area contributed by atoms with Crippen molar-refractivity contribution < 1.29 is 13.2 Å². The standard InChI is InChI=1S/C20H24N4O3S/c1-22(2)28(26,27)17-9-10-19-18(13-17)21-15-24(19)12-11-20(25)23(3)14-16-7-5-4-6-8-16/h4-10,13,15H,11-12,14H2,1-3H3. The van der Waals surface area contributed by atoms with Crippen molar-refractivity contribution in [1.29, 1.82) is 0 Å². The van der Waals surface area contributed by atoms with Gasteiger partial charge in [0, 0.05) is 40.7 Å². The highest BCUT2D eigenvalue weighted by atomic mass is 32.2. The number of hydrogen-bond acceptors (Lipinski definition) is 4. The zero-order valence-electron chi connectivity index (χ0n) is 16.2. The minimum atomic E-state index is -3.50. The molecule has 0 fully saturated rings. The maximum Gasteiger partial charge on any atom is 0.242 e. The third-order valence-electron chi connectivity index (χ3n) is 4.63. The van der Waals surface area contributed by atoms with Gasteiger partial charge in [-0.1, -0.05) is 30.3 Å². The van der Waals surface area contributed by atoms with Crippen molar-refractivity contribution in [2.24, 2.45) is 0 Å². The largest absolute Gasteiger partial charge is 0.341 e. The molecule has 7 nitrogen and oxygen atoms in total. The first-order chi connectivity index (χ1) is 13.3. The Morgan fingerprint density at radius 2 is 1.79 bits per heavy atom. The second-order valence-electron chi connectivity index (χ2n) is 6.86. The fraction of sp³-hybridized carbons (Fsp3) is 0.300. The number of carbonyl (C=O) groups is 1. The van der Waals surface area contributed by atoms with E-state index in [9.17, 15) is 13.2 Å². The number of amides is 1. The molecule has 0 spiro atoms. The Morgan fingerprint density at radius 1 is 1.07 bits per heavy atom. The molecule has 0 radical (unpaired) electrons. The second-order valence-corrected chi connectivity index (χ2v) is 9.01. The normalized spacial score (nSPS) is 11.9. The lowest BCUT2D eigenvalue weighted by Crippen LogP contribution is -2.27. The molecule has 1 aromatic heterocycles. The van der Waals surface area contributed by atoms with Gasteiger partial charge in [0.15, 0.2) is 0 Å². The number of aromatic nitrogens is 2. The SMILES string of the molecule is CN(Cc1ccccc1)C(=O)CCn1cnc2cc(S(=O)(=O)N(C)C)ccc21. The summed E-state index contributed by atoms with van der Waals surface area (Å²) >= 11 is 0. The Labute approximate surface area is 165 Å². The zero-order valence-corrected chi connectivity index (χ0v) is 17.1. The van der Waals surface area contributed by atoms with Crippen LogP contribution in [0.5, 0.6) is 0 Å². The van der Waals surface area contributed by atoms with Crippen LogP contribution in [0.1, 0.15) is 12.0 Å². The minimum Gasteiger partial charge on any atom is -0.341 e. The molecule has 0 saturated carbocycles. The van der Waals surface area contributed by atoms with Crippen LogP contribution in [0.15, 0.2) is 59.8 Å². The summed E-state index contributed by atoms with van der Waals surface area (Å²) in [5.74, 6) is 0.0394. The summed E-state index contributed by atoms with van der Waals surface area (Å²) in [5.41, 5.74) is 2.48. The average Bonchev–Trinajstić information content (AvgIpc) is 3.09. The van der Waals surface area contributed by atoms with Gasteiger partial charge < -0.3 is 9.47 Å². The molecular formula is C20H24N4O3S. The van der Waals surface area contributed by atoms with Gasteiger partial charge in [0.05, 0.1) is 22.3 Å². The van der Waals surface area contributed by atoms with Crippen LogP contribution in [0.2, 0.25) is 0 Å². The number of benzene rings is 2. The molecule has 1 heterocycles. The van der Waals surface area contributed by atoms with Gasteiger partial charge in [0.2, 0.25) is 15.9 Å². The Hall–Kier alpha value is -2.71. The number of carbonyl (C=O) groups excluding carboxylic acids is 1. The average molecular weight is 401 g/mol. The number of hydrogen-bond donors (Lipinski definition) is 0. The molecule has 0 unspecified atom stereocenters. The molecule has 3 rings (SSSR count). The summed E-state index contributed by atoms with van der Waals surface area (Å²) in [7, 11) is 1.28. The van der Waals surface area contributed by atoms with E-state index in [-0.39, 0.29) is 10.8 Å². The Morgan fingerprint density at radius 3 is 2.46 bits per heavy atom. The monoisotopic (exact) mass is 400 g/mol. The topological polar surface area (TPSA) is 75.5 Å². The van der Waals surface area contributed by atoms with E-state index in [0.717, 1.165) is 11.1 Å². The van der Waals surface area contributed by atoms with E-state index in [0.29, 0.717) is 25.0 Å². The molecule has 0 atom stereocenters. The summed E-state index contributed by atoms with van der Waals surface area (Å²) in [6.07, 6.45) is 1.98. The molecular weight excluding hydrogens is 376 g/mol. The number of nitrogens with zero attached hydrogens (tertiary/aromatic N) is 4. The predicted molar refractivity (Wildman–Crippen MR) is 108 cm³/mol. The molecule has 0 bridgehead atoms. The summed E-state index contributed by atoms with van der Waals surface area (Å²) in [6, 6.07) is 14.7. The van der Waals surface area contributed by atoms with Crippen molar-refractivity contribution in [2.75, 3.05) is 21.1 Å². The van der Waals surface area contributed by atoms with E-state index in [1.165, 1.54) is 18.4 Å². The molecule has 0 N–H and O–H groups in total. The van der Waals surface area contributed by atoms with Gasteiger partial charge in [-0.2, -0.15) is 0 Å². The lowest BCUT2D eigenvalue weighted by atomic mass is 10.2. The van der Waals surface area contributed by atoms with Crippen molar-refractivity contribution in [1.82, 2.24) is 18.8 Å². The van der Waals surface area contributed by atoms with Gasteiger partial charge in [-0.25, -0.2) is 17.7 Å². The van der Waals surface area contributed by atoms with Crippen molar-refractivity contribution in [2.45, 2.75) is 24.4 Å². The molecule has 3 aromatic rings. The van der Waals surface area contributed by atoms with Gasteiger partial charge in [-0.15, -0.1) is 0 Å². The summed E-state index contributed by atoms with van der Waals surface area (Å²) < 4.78 is 27.6. The molecule has 0 saturated heterocycles. The van der Waals surface area contributed by atoms with Crippen molar-refractivity contribution in [3.63, 3.8) is 0 Å².